The zero-order chi connectivity index (χ0) is 16.1. The van der Waals surface area contributed by atoms with Crippen LogP contribution in [0.2, 0.25) is 0 Å². The van der Waals surface area contributed by atoms with Gasteiger partial charge in [0, 0.05) is 19.2 Å². The highest BCUT2D eigenvalue weighted by atomic mass is 19.4. The van der Waals surface area contributed by atoms with E-state index in [1.807, 2.05) is 20.8 Å². The molecule has 0 spiro atoms. The van der Waals surface area contributed by atoms with Gasteiger partial charge in [-0.1, -0.05) is 12.1 Å². The molecule has 1 aromatic carbocycles. The van der Waals surface area contributed by atoms with E-state index in [0.717, 1.165) is 6.07 Å². The summed E-state index contributed by atoms with van der Waals surface area (Å²) >= 11 is 0. The molecule has 1 N–H and O–H groups in total. The Hall–Kier alpha value is -1.27. The summed E-state index contributed by atoms with van der Waals surface area (Å²) in [6.45, 7) is 6.51. The van der Waals surface area contributed by atoms with Crippen LogP contribution in [0.5, 0.6) is 5.75 Å². The van der Waals surface area contributed by atoms with E-state index in [1.165, 1.54) is 25.3 Å². The van der Waals surface area contributed by atoms with Gasteiger partial charge in [0.05, 0.1) is 12.2 Å². The normalized spacial score (nSPS) is 14.0. The first-order valence-electron chi connectivity index (χ1n) is 6.70. The van der Waals surface area contributed by atoms with Gasteiger partial charge < -0.3 is 14.8 Å². The maximum atomic E-state index is 12.9. The molecule has 0 aliphatic carbocycles. The Labute approximate surface area is 123 Å². The summed E-state index contributed by atoms with van der Waals surface area (Å²) in [5.74, 6) is -0.178. The van der Waals surface area contributed by atoms with Crippen LogP contribution >= 0.6 is 0 Å². The number of nitrogens with one attached hydrogen (secondary N) is 1. The van der Waals surface area contributed by atoms with Crippen molar-refractivity contribution in [3.63, 3.8) is 0 Å². The van der Waals surface area contributed by atoms with Crippen LogP contribution in [0.1, 0.15) is 26.3 Å². The van der Waals surface area contributed by atoms with Crippen molar-refractivity contribution in [2.45, 2.75) is 38.6 Å². The van der Waals surface area contributed by atoms with Crippen molar-refractivity contribution in [3.8, 4) is 5.75 Å². The number of halogens is 3. The first kappa shape index (κ1) is 17.8. The topological polar surface area (TPSA) is 30.5 Å². The van der Waals surface area contributed by atoms with Crippen LogP contribution in [0.3, 0.4) is 0 Å². The SMILES string of the molecule is COCC(CNC(C)(C)C)Oc1ccccc1C(F)(F)F. The molecule has 0 saturated heterocycles. The van der Waals surface area contributed by atoms with Gasteiger partial charge in [-0.05, 0) is 32.9 Å². The maximum Gasteiger partial charge on any atom is 0.419 e. The molecule has 6 heteroatoms. The molecule has 0 aromatic heterocycles. The standard InChI is InChI=1S/C15H22F3NO2/c1-14(2,3)19-9-11(10-20-4)21-13-8-6-5-7-12(13)15(16,17)18/h5-8,11,19H,9-10H2,1-4H3. The molecule has 1 rings (SSSR count). The molecule has 0 heterocycles. The molecule has 0 bridgehead atoms. The summed E-state index contributed by atoms with van der Waals surface area (Å²) in [5.41, 5.74) is -0.930. The molecule has 0 radical (unpaired) electrons. The first-order valence-corrected chi connectivity index (χ1v) is 6.70. The zero-order valence-corrected chi connectivity index (χ0v) is 12.8. The molecule has 21 heavy (non-hydrogen) atoms. The minimum absolute atomic E-state index is 0.154. The molecule has 0 saturated carbocycles. The number of alkyl halides is 3. The van der Waals surface area contributed by atoms with E-state index in [1.54, 1.807) is 0 Å². The lowest BCUT2D eigenvalue weighted by atomic mass is 10.1. The van der Waals surface area contributed by atoms with Gasteiger partial charge in [-0.25, -0.2) is 0 Å². The molecular weight excluding hydrogens is 283 g/mol. The van der Waals surface area contributed by atoms with Crippen molar-refractivity contribution in [2.75, 3.05) is 20.3 Å². The van der Waals surface area contributed by atoms with Gasteiger partial charge in [0.25, 0.3) is 0 Å². The Morgan fingerprint density at radius 3 is 2.29 bits per heavy atom. The summed E-state index contributed by atoms with van der Waals surface area (Å²) in [4.78, 5) is 0. The molecule has 3 nitrogen and oxygen atoms in total. The second-order valence-corrected chi connectivity index (χ2v) is 5.82. The second-order valence-electron chi connectivity index (χ2n) is 5.82. The number of methoxy groups -OCH3 is 1. The minimum Gasteiger partial charge on any atom is -0.486 e. The fourth-order valence-electron chi connectivity index (χ4n) is 1.72. The van der Waals surface area contributed by atoms with Gasteiger partial charge >= 0.3 is 6.18 Å². The zero-order valence-electron chi connectivity index (χ0n) is 12.8. The molecular formula is C15H22F3NO2. The van der Waals surface area contributed by atoms with E-state index in [0.29, 0.717) is 6.54 Å². The molecule has 1 unspecified atom stereocenters. The van der Waals surface area contributed by atoms with E-state index in [9.17, 15) is 13.2 Å². The molecule has 1 atom stereocenters. The number of hydrogen-bond acceptors (Lipinski definition) is 3. The highest BCUT2D eigenvalue weighted by Crippen LogP contribution is 2.36. The van der Waals surface area contributed by atoms with Gasteiger partial charge in [0.2, 0.25) is 0 Å². The van der Waals surface area contributed by atoms with Gasteiger partial charge in [0.1, 0.15) is 11.9 Å². The molecule has 120 valence electrons. The summed E-state index contributed by atoms with van der Waals surface area (Å²) in [5, 5.41) is 3.20. The number of hydrogen-bond donors (Lipinski definition) is 1. The van der Waals surface area contributed by atoms with E-state index in [-0.39, 0.29) is 17.9 Å². The highest BCUT2D eigenvalue weighted by Gasteiger charge is 2.34. The smallest absolute Gasteiger partial charge is 0.419 e. The lowest BCUT2D eigenvalue weighted by Gasteiger charge is -2.26. The highest BCUT2D eigenvalue weighted by molar-refractivity contribution is 5.35. The molecule has 0 aliphatic rings. The van der Waals surface area contributed by atoms with Crippen LogP contribution in [0.15, 0.2) is 24.3 Å². The van der Waals surface area contributed by atoms with Crippen LogP contribution in [-0.2, 0) is 10.9 Å². The number of ether oxygens (including phenoxy) is 2. The van der Waals surface area contributed by atoms with Crippen molar-refractivity contribution >= 4 is 0 Å². The van der Waals surface area contributed by atoms with Gasteiger partial charge in [0.15, 0.2) is 0 Å². The third-order valence-electron chi connectivity index (χ3n) is 2.70. The van der Waals surface area contributed by atoms with Crippen LogP contribution in [0.4, 0.5) is 13.2 Å². The van der Waals surface area contributed by atoms with E-state index in [2.05, 4.69) is 5.32 Å². The summed E-state index contributed by atoms with van der Waals surface area (Å²) in [7, 11) is 1.49. The van der Waals surface area contributed by atoms with Crippen molar-refractivity contribution in [2.24, 2.45) is 0 Å². The second kappa shape index (κ2) is 7.13. The van der Waals surface area contributed by atoms with E-state index in [4.69, 9.17) is 9.47 Å². The van der Waals surface area contributed by atoms with Crippen molar-refractivity contribution in [1.29, 1.82) is 0 Å². The lowest BCUT2D eigenvalue weighted by molar-refractivity contribution is -0.139. The fraction of sp³-hybridized carbons (Fsp3) is 0.600. The molecule has 1 aromatic rings. The van der Waals surface area contributed by atoms with Crippen molar-refractivity contribution in [1.82, 2.24) is 5.32 Å². The number of benzene rings is 1. The van der Waals surface area contributed by atoms with E-state index < -0.39 is 17.8 Å². The summed E-state index contributed by atoms with van der Waals surface area (Å²) in [6, 6.07) is 5.19. The van der Waals surface area contributed by atoms with Crippen LogP contribution < -0.4 is 10.1 Å². The predicted octanol–water partition coefficient (Wildman–Crippen LogP) is 3.49. The lowest BCUT2D eigenvalue weighted by Crippen LogP contribution is -2.44. The van der Waals surface area contributed by atoms with Crippen LogP contribution in [0.25, 0.3) is 0 Å². The summed E-state index contributed by atoms with van der Waals surface area (Å²) in [6.07, 6.45) is -4.94. The number of rotatable bonds is 6. The first-order chi connectivity index (χ1) is 9.63. The monoisotopic (exact) mass is 305 g/mol. The van der Waals surface area contributed by atoms with Crippen molar-refractivity contribution in [3.05, 3.63) is 29.8 Å². The fourth-order valence-corrected chi connectivity index (χ4v) is 1.72. The van der Waals surface area contributed by atoms with Gasteiger partial charge in [-0.15, -0.1) is 0 Å². The Morgan fingerprint density at radius 1 is 1.14 bits per heavy atom. The quantitative estimate of drug-likeness (QED) is 0.873. The predicted molar refractivity (Wildman–Crippen MR) is 75.5 cm³/mol. The Morgan fingerprint density at radius 2 is 1.76 bits per heavy atom. The Bertz CT molecular complexity index is 441. The van der Waals surface area contributed by atoms with Gasteiger partial charge in [-0.3, -0.25) is 0 Å². The Kier molecular flexibility index (Phi) is 6.04. The molecule has 0 aliphatic heterocycles. The van der Waals surface area contributed by atoms with Crippen LogP contribution in [0, 0.1) is 0 Å². The van der Waals surface area contributed by atoms with Gasteiger partial charge in [-0.2, -0.15) is 13.2 Å². The van der Waals surface area contributed by atoms with Crippen LogP contribution in [-0.4, -0.2) is 31.9 Å². The van der Waals surface area contributed by atoms with Crippen molar-refractivity contribution < 1.29 is 22.6 Å². The molecule has 0 fully saturated rings. The molecule has 0 amide bonds. The maximum absolute atomic E-state index is 12.9. The number of para-hydroxylation sites is 1. The third kappa shape index (κ3) is 6.35. The van der Waals surface area contributed by atoms with E-state index >= 15 is 0 Å². The largest absolute Gasteiger partial charge is 0.486 e. The minimum atomic E-state index is -4.44. The Balaban J connectivity index is 2.84. The third-order valence-corrected chi connectivity index (χ3v) is 2.70. The summed E-state index contributed by atoms with van der Waals surface area (Å²) < 4.78 is 49.3. The average molecular weight is 305 g/mol. The average Bonchev–Trinajstić information content (AvgIpc) is 2.35.